The summed E-state index contributed by atoms with van der Waals surface area (Å²) in [4.78, 5) is 3.73. The molecule has 1 rings (SSSR count). The lowest BCUT2D eigenvalue weighted by Gasteiger charge is -2.19. The van der Waals surface area contributed by atoms with Gasteiger partial charge in [-0.05, 0) is 11.8 Å². The molecule has 7 heteroatoms. The molecule has 0 aliphatic heterocycles. The van der Waals surface area contributed by atoms with Gasteiger partial charge < -0.3 is 0 Å². The number of nitrogens with zero attached hydrogens (tertiary/aromatic N) is 1. The van der Waals surface area contributed by atoms with E-state index in [1.54, 1.807) is 0 Å². The van der Waals surface area contributed by atoms with Crippen LogP contribution in [0.1, 0.15) is 24.1 Å². The Morgan fingerprint density at radius 1 is 1.53 bits per heavy atom. The maximum Gasteiger partial charge on any atom is 0.416 e. The zero-order chi connectivity index (χ0) is 12.9. The van der Waals surface area contributed by atoms with Gasteiger partial charge in [-0.25, -0.2) is 0 Å². The SMILES string of the molecule is CCSCC(NN)c1cnccc1C(F)(F)F. The van der Waals surface area contributed by atoms with Gasteiger partial charge in [0.1, 0.15) is 0 Å². The highest BCUT2D eigenvalue weighted by atomic mass is 32.2. The summed E-state index contributed by atoms with van der Waals surface area (Å²) in [5.41, 5.74) is 1.80. The number of hydrogen-bond donors (Lipinski definition) is 2. The second-order valence-electron chi connectivity index (χ2n) is 3.34. The Labute approximate surface area is 102 Å². The van der Waals surface area contributed by atoms with E-state index in [1.165, 1.54) is 18.0 Å². The average molecular weight is 265 g/mol. The molecule has 17 heavy (non-hydrogen) atoms. The average Bonchev–Trinajstić information content (AvgIpc) is 2.29. The minimum Gasteiger partial charge on any atom is -0.271 e. The van der Waals surface area contributed by atoms with Crippen LogP contribution in [0.3, 0.4) is 0 Å². The second-order valence-corrected chi connectivity index (χ2v) is 4.66. The third-order valence-corrected chi connectivity index (χ3v) is 3.20. The van der Waals surface area contributed by atoms with Crippen molar-refractivity contribution >= 4 is 11.8 Å². The van der Waals surface area contributed by atoms with Crippen LogP contribution in [-0.2, 0) is 6.18 Å². The number of hydrazine groups is 1. The maximum absolute atomic E-state index is 12.8. The van der Waals surface area contributed by atoms with Crippen molar-refractivity contribution in [3.63, 3.8) is 0 Å². The standard InChI is InChI=1S/C10H14F3N3S/c1-2-17-6-9(16-14)7-5-15-4-3-8(7)10(11,12)13/h3-5,9,16H,2,6,14H2,1H3. The van der Waals surface area contributed by atoms with Gasteiger partial charge in [-0.3, -0.25) is 16.3 Å². The van der Waals surface area contributed by atoms with Crippen molar-refractivity contribution in [1.29, 1.82) is 0 Å². The summed E-state index contributed by atoms with van der Waals surface area (Å²) in [5.74, 6) is 6.59. The van der Waals surface area contributed by atoms with E-state index in [4.69, 9.17) is 5.84 Å². The van der Waals surface area contributed by atoms with Crippen LogP contribution < -0.4 is 11.3 Å². The Kier molecular flexibility index (Phi) is 5.23. The topological polar surface area (TPSA) is 50.9 Å². The number of alkyl halides is 3. The largest absolute Gasteiger partial charge is 0.416 e. The number of nitrogens with one attached hydrogen (secondary N) is 1. The minimum atomic E-state index is -4.38. The molecular formula is C10H14F3N3S. The highest BCUT2D eigenvalue weighted by molar-refractivity contribution is 7.99. The molecule has 0 bridgehead atoms. The Hall–Kier alpha value is -0.790. The van der Waals surface area contributed by atoms with E-state index in [0.29, 0.717) is 5.75 Å². The molecule has 0 radical (unpaired) electrons. The fourth-order valence-corrected chi connectivity index (χ4v) is 2.15. The lowest BCUT2D eigenvalue weighted by molar-refractivity contribution is -0.138. The van der Waals surface area contributed by atoms with Crippen LogP contribution in [0.2, 0.25) is 0 Å². The first-order chi connectivity index (χ1) is 8.00. The summed E-state index contributed by atoms with van der Waals surface area (Å²) in [6.07, 6.45) is -2.04. The highest BCUT2D eigenvalue weighted by Crippen LogP contribution is 2.34. The molecule has 0 saturated carbocycles. The summed E-state index contributed by atoms with van der Waals surface area (Å²) < 4.78 is 38.3. The van der Waals surface area contributed by atoms with Crippen molar-refractivity contribution in [2.24, 2.45) is 5.84 Å². The molecule has 0 fully saturated rings. The monoisotopic (exact) mass is 265 g/mol. The van der Waals surface area contributed by atoms with Crippen LogP contribution in [-0.4, -0.2) is 16.5 Å². The molecule has 1 unspecified atom stereocenters. The number of thioether (sulfide) groups is 1. The minimum absolute atomic E-state index is 0.0865. The van der Waals surface area contributed by atoms with Crippen LogP contribution in [0.4, 0.5) is 13.2 Å². The first kappa shape index (κ1) is 14.3. The van der Waals surface area contributed by atoms with Gasteiger partial charge in [0.25, 0.3) is 0 Å². The van der Waals surface area contributed by atoms with E-state index >= 15 is 0 Å². The zero-order valence-electron chi connectivity index (χ0n) is 9.29. The summed E-state index contributed by atoms with van der Waals surface area (Å²) in [6.45, 7) is 1.94. The summed E-state index contributed by atoms with van der Waals surface area (Å²) in [5, 5.41) is 0. The zero-order valence-corrected chi connectivity index (χ0v) is 10.1. The molecule has 0 saturated heterocycles. The van der Waals surface area contributed by atoms with Crippen molar-refractivity contribution in [3.8, 4) is 0 Å². The normalized spacial score (nSPS) is 13.7. The molecule has 0 aliphatic rings. The molecule has 1 aromatic heterocycles. The van der Waals surface area contributed by atoms with E-state index < -0.39 is 17.8 Å². The molecule has 3 N–H and O–H groups in total. The van der Waals surface area contributed by atoms with Gasteiger partial charge in [0.05, 0.1) is 11.6 Å². The summed E-state index contributed by atoms with van der Waals surface area (Å²) in [7, 11) is 0. The highest BCUT2D eigenvalue weighted by Gasteiger charge is 2.35. The summed E-state index contributed by atoms with van der Waals surface area (Å²) >= 11 is 1.52. The third-order valence-electron chi connectivity index (χ3n) is 2.22. The molecule has 1 atom stereocenters. The van der Waals surface area contributed by atoms with Gasteiger partial charge in [-0.1, -0.05) is 6.92 Å². The van der Waals surface area contributed by atoms with E-state index in [-0.39, 0.29) is 5.56 Å². The smallest absolute Gasteiger partial charge is 0.271 e. The fraction of sp³-hybridized carbons (Fsp3) is 0.500. The molecule has 0 spiro atoms. The van der Waals surface area contributed by atoms with Crippen molar-refractivity contribution < 1.29 is 13.2 Å². The van der Waals surface area contributed by atoms with E-state index in [0.717, 1.165) is 18.0 Å². The number of nitrogens with two attached hydrogens (primary N) is 1. The molecule has 0 amide bonds. The first-order valence-electron chi connectivity index (χ1n) is 5.05. The first-order valence-corrected chi connectivity index (χ1v) is 6.21. The van der Waals surface area contributed by atoms with Crippen molar-refractivity contribution in [2.75, 3.05) is 11.5 Å². The van der Waals surface area contributed by atoms with Gasteiger partial charge in [0, 0.05) is 23.7 Å². The lowest BCUT2D eigenvalue weighted by Crippen LogP contribution is -2.31. The summed E-state index contributed by atoms with van der Waals surface area (Å²) in [6, 6.07) is 0.418. The van der Waals surface area contributed by atoms with Gasteiger partial charge in [0.2, 0.25) is 0 Å². The van der Waals surface area contributed by atoms with Crippen LogP contribution in [0.15, 0.2) is 18.5 Å². The molecular weight excluding hydrogens is 251 g/mol. The van der Waals surface area contributed by atoms with Crippen LogP contribution in [0, 0.1) is 0 Å². The molecule has 3 nitrogen and oxygen atoms in total. The van der Waals surface area contributed by atoms with E-state index in [2.05, 4.69) is 10.4 Å². The van der Waals surface area contributed by atoms with E-state index in [9.17, 15) is 13.2 Å². The molecule has 0 aromatic carbocycles. The Morgan fingerprint density at radius 2 is 2.24 bits per heavy atom. The molecule has 1 aromatic rings. The number of hydrogen-bond acceptors (Lipinski definition) is 4. The van der Waals surface area contributed by atoms with Gasteiger partial charge in [-0.2, -0.15) is 24.9 Å². The quantitative estimate of drug-likeness (QED) is 0.634. The molecule has 96 valence electrons. The maximum atomic E-state index is 12.8. The van der Waals surface area contributed by atoms with E-state index in [1.807, 2.05) is 6.92 Å². The fourth-order valence-electron chi connectivity index (χ4n) is 1.41. The predicted octanol–water partition coefficient (Wildman–Crippen LogP) is 2.36. The van der Waals surface area contributed by atoms with Crippen LogP contribution in [0.25, 0.3) is 0 Å². The number of pyridine rings is 1. The van der Waals surface area contributed by atoms with Gasteiger partial charge >= 0.3 is 6.18 Å². The number of rotatable bonds is 5. The number of halogens is 3. The number of aromatic nitrogens is 1. The molecule has 1 heterocycles. The molecule has 0 aliphatic carbocycles. The Balaban J connectivity index is 3.02. The lowest BCUT2D eigenvalue weighted by atomic mass is 10.0. The van der Waals surface area contributed by atoms with Gasteiger partial charge in [0.15, 0.2) is 0 Å². The third kappa shape index (κ3) is 3.86. The predicted molar refractivity (Wildman–Crippen MR) is 62.3 cm³/mol. The van der Waals surface area contributed by atoms with Crippen molar-refractivity contribution in [1.82, 2.24) is 10.4 Å². The van der Waals surface area contributed by atoms with Gasteiger partial charge in [-0.15, -0.1) is 0 Å². The Bertz CT molecular complexity index is 357. The van der Waals surface area contributed by atoms with Crippen molar-refractivity contribution in [3.05, 3.63) is 29.6 Å². The Morgan fingerprint density at radius 3 is 2.76 bits per heavy atom. The van der Waals surface area contributed by atoms with Crippen molar-refractivity contribution in [2.45, 2.75) is 19.1 Å². The van der Waals surface area contributed by atoms with Crippen LogP contribution in [0.5, 0.6) is 0 Å². The second kappa shape index (κ2) is 6.23. The van der Waals surface area contributed by atoms with Crippen LogP contribution >= 0.6 is 11.8 Å².